The summed E-state index contributed by atoms with van der Waals surface area (Å²) in [6, 6.07) is 5.61. The molecule has 88 valence electrons. The Morgan fingerprint density at radius 1 is 1.31 bits per heavy atom. The van der Waals surface area contributed by atoms with Crippen molar-refractivity contribution in [2.75, 3.05) is 7.11 Å². The molecule has 1 rings (SSSR count). The number of rotatable bonds is 5. The van der Waals surface area contributed by atoms with E-state index in [1.54, 1.807) is 0 Å². The molecule has 0 bridgehead atoms. The number of aryl methyl sites for hydroxylation is 2. The highest BCUT2D eigenvalue weighted by Gasteiger charge is 2.28. The van der Waals surface area contributed by atoms with Crippen molar-refractivity contribution < 1.29 is 18.1 Å². The molecule has 0 fully saturated rings. The highest BCUT2D eigenvalue weighted by molar-refractivity contribution is 7.49. The van der Waals surface area contributed by atoms with Gasteiger partial charge < -0.3 is 9.05 Å². The molecule has 1 atom stereocenters. The fraction of sp³-hybridized carbons (Fsp3) is 0.273. The van der Waals surface area contributed by atoms with Crippen LogP contribution in [-0.4, -0.2) is 7.11 Å². The monoisotopic (exact) mass is 242 g/mol. The van der Waals surface area contributed by atoms with E-state index in [4.69, 9.17) is 13.6 Å². The number of benzene rings is 1. The summed E-state index contributed by atoms with van der Waals surface area (Å²) in [5, 5.41) is 0. The van der Waals surface area contributed by atoms with Gasteiger partial charge in [0.05, 0.1) is 6.26 Å². The number of phosphoric ester groups is 1. The lowest BCUT2D eigenvalue weighted by atomic mass is 10.1. The van der Waals surface area contributed by atoms with Crippen LogP contribution < -0.4 is 4.52 Å². The van der Waals surface area contributed by atoms with E-state index in [-0.39, 0.29) is 0 Å². The minimum Gasteiger partial charge on any atom is -0.404 e. The second-order valence-electron chi connectivity index (χ2n) is 3.21. The van der Waals surface area contributed by atoms with Gasteiger partial charge in [0.1, 0.15) is 5.75 Å². The molecule has 1 unspecified atom stereocenters. The number of hydrogen-bond acceptors (Lipinski definition) is 4. The summed E-state index contributed by atoms with van der Waals surface area (Å²) in [5.41, 5.74) is 1.73. The van der Waals surface area contributed by atoms with Crippen LogP contribution >= 0.6 is 7.82 Å². The van der Waals surface area contributed by atoms with Crippen LogP contribution in [0.15, 0.2) is 31.0 Å². The third-order valence-corrected chi connectivity index (χ3v) is 3.30. The third kappa shape index (κ3) is 2.87. The number of hydrogen-bond donors (Lipinski definition) is 0. The molecule has 0 aliphatic heterocycles. The van der Waals surface area contributed by atoms with Crippen LogP contribution in [0.1, 0.15) is 11.1 Å². The smallest absolute Gasteiger partial charge is 0.404 e. The summed E-state index contributed by atoms with van der Waals surface area (Å²) < 4.78 is 26.7. The standard InChI is InChI=1S/C11H15O4P/c1-5-14-16(12,13-4)15-11-9(2)7-6-8-10(11)3/h5-8H,1H2,2-4H3. The summed E-state index contributed by atoms with van der Waals surface area (Å²) in [4.78, 5) is 0. The van der Waals surface area contributed by atoms with Gasteiger partial charge in [-0.2, -0.15) is 0 Å². The molecule has 5 heteroatoms. The third-order valence-electron chi connectivity index (χ3n) is 2.04. The van der Waals surface area contributed by atoms with Gasteiger partial charge in [0.25, 0.3) is 0 Å². The van der Waals surface area contributed by atoms with Gasteiger partial charge in [0.2, 0.25) is 0 Å². The zero-order valence-corrected chi connectivity index (χ0v) is 10.5. The quantitative estimate of drug-likeness (QED) is 0.584. The van der Waals surface area contributed by atoms with Crippen LogP contribution in [-0.2, 0) is 13.6 Å². The van der Waals surface area contributed by atoms with Crippen molar-refractivity contribution in [1.82, 2.24) is 0 Å². The number of phosphoric acid groups is 1. The van der Waals surface area contributed by atoms with Gasteiger partial charge in [0, 0.05) is 7.11 Å². The Morgan fingerprint density at radius 3 is 2.31 bits per heavy atom. The lowest BCUT2D eigenvalue weighted by Crippen LogP contribution is -1.99. The van der Waals surface area contributed by atoms with E-state index >= 15 is 0 Å². The lowest BCUT2D eigenvalue weighted by Gasteiger charge is -2.17. The van der Waals surface area contributed by atoms with Gasteiger partial charge in [-0.25, -0.2) is 4.57 Å². The summed E-state index contributed by atoms with van der Waals surface area (Å²) in [5.74, 6) is 0.509. The summed E-state index contributed by atoms with van der Waals surface area (Å²) in [6.45, 7) is 7.04. The minimum absolute atomic E-state index is 0.509. The normalized spacial score (nSPS) is 13.9. The maximum atomic E-state index is 11.9. The van der Waals surface area contributed by atoms with Crippen LogP contribution in [0.4, 0.5) is 0 Å². The fourth-order valence-corrected chi connectivity index (χ4v) is 2.15. The first kappa shape index (κ1) is 12.8. The Labute approximate surface area is 95.5 Å². The Morgan fingerprint density at radius 2 is 1.88 bits per heavy atom. The lowest BCUT2D eigenvalue weighted by molar-refractivity contribution is 0.229. The van der Waals surface area contributed by atoms with Crippen LogP contribution in [0.2, 0.25) is 0 Å². The Hall–Kier alpha value is -1.25. The van der Waals surface area contributed by atoms with E-state index in [2.05, 4.69) is 6.58 Å². The van der Waals surface area contributed by atoms with Gasteiger partial charge in [0.15, 0.2) is 0 Å². The van der Waals surface area contributed by atoms with Crippen molar-refractivity contribution in [3.63, 3.8) is 0 Å². The van der Waals surface area contributed by atoms with Gasteiger partial charge in [-0.3, -0.25) is 4.52 Å². The highest BCUT2D eigenvalue weighted by atomic mass is 31.2. The summed E-state index contributed by atoms with van der Waals surface area (Å²) in [7, 11) is -2.33. The maximum Gasteiger partial charge on any atom is 0.586 e. The van der Waals surface area contributed by atoms with Crippen molar-refractivity contribution in [3.05, 3.63) is 42.2 Å². The predicted octanol–water partition coefficient (Wildman–Crippen LogP) is 3.60. The molecule has 0 heterocycles. The first-order valence-corrected chi connectivity index (χ1v) is 6.19. The zero-order chi connectivity index (χ0) is 12.2. The predicted molar refractivity (Wildman–Crippen MR) is 62.4 cm³/mol. The summed E-state index contributed by atoms with van der Waals surface area (Å²) in [6.07, 6.45) is 1.04. The molecule has 1 aromatic rings. The van der Waals surface area contributed by atoms with Gasteiger partial charge in [-0.15, -0.1) is 0 Å². The highest BCUT2D eigenvalue weighted by Crippen LogP contribution is 2.50. The molecule has 0 spiro atoms. The molecule has 1 aromatic carbocycles. The van der Waals surface area contributed by atoms with Crippen molar-refractivity contribution >= 4 is 7.82 Å². The second kappa shape index (κ2) is 5.19. The second-order valence-corrected chi connectivity index (χ2v) is 4.87. The van der Waals surface area contributed by atoms with Crippen molar-refractivity contribution in [2.45, 2.75) is 13.8 Å². The zero-order valence-electron chi connectivity index (χ0n) is 9.60. The van der Waals surface area contributed by atoms with Crippen LogP contribution in [0.25, 0.3) is 0 Å². The molecular weight excluding hydrogens is 227 g/mol. The van der Waals surface area contributed by atoms with Crippen LogP contribution in [0.5, 0.6) is 5.75 Å². The largest absolute Gasteiger partial charge is 0.586 e. The Kier molecular flexibility index (Phi) is 4.16. The van der Waals surface area contributed by atoms with Gasteiger partial charge in [-0.1, -0.05) is 24.8 Å². The molecule has 0 radical (unpaired) electrons. The average Bonchev–Trinajstić information content (AvgIpc) is 2.24. The SMILES string of the molecule is C=COP(=O)(OC)Oc1c(C)cccc1C. The van der Waals surface area contributed by atoms with Crippen molar-refractivity contribution in [1.29, 1.82) is 0 Å². The topological polar surface area (TPSA) is 44.8 Å². The van der Waals surface area contributed by atoms with E-state index in [9.17, 15) is 4.57 Å². The van der Waals surface area contributed by atoms with Crippen molar-refractivity contribution in [3.8, 4) is 5.75 Å². The Balaban J connectivity index is 3.03. The molecule has 0 saturated heterocycles. The molecule has 16 heavy (non-hydrogen) atoms. The van der Waals surface area contributed by atoms with E-state index < -0.39 is 7.82 Å². The summed E-state index contributed by atoms with van der Waals surface area (Å²) >= 11 is 0. The van der Waals surface area contributed by atoms with E-state index in [0.717, 1.165) is 17.4 Å². The van der Waals surface area contributed by atoms with Crippen LogP contribution in [0.3, 0.4) is 0 Å². The molecule has 0 saturated carbocycles. The Bertz CT molecular complexity index is 408. The van der Waals surface area contributed by atoms with E-state index in [1.807, 2.05) is 32.0 Å². The van der Waals surface area contributed by atoms with E-state index in [0.29, 0.717) is 5.75 Å². The van der Waals surface area contributed by atoms with Gasteiger partial charge in [-0.05, 0) is 25.0 Å². The van der Waals surface area contributed by atoms with Crippen molar-refractivity contribution in [2.24, 2.45) is 0 Å². The fourth-order valence-electron chi connectivity index (χ4n) is 1.25. The molecule has 0 aromatic heterocycles. The molecule has 0 N–H and O–H groups in total. The maximum absolute atomic E-state index is 11.9. The average molecular weight is 242 g/mol. The van der Waals surface area contributed by atoms with E-state index in [1.165, 1.54) is 7.11 Å². The molecule has 4 nitrogen and oxygen atoms in total. The van der Waals surface area contributed by atoms with Gasteiger partial charge >= 0.3 is 7.82 Å². The number of para-hydroxylation sites is 1. The molecular formula is C11H15O4P. The molecule has 0 aliphatic rings. The minimum atomic E-state index is -3.59. The first-order chi connectivity index (χ1) is 7.52. The first-order valence-electron chi connectivity index (χ1n) is 4.73. The molecule has 0 aliphatic carbocycles. The molecule has 0 amide bonds. The van der Waals surface area contributed by atoms with Crippen LogP contribution in [0, 0.1) is 13.8 Å².